The van der Waals surface area contributed by atoms with Crippen LogP contribution in [-0.4, -0.2) is 48.2 Å². The van der Waals surface area contributed by atoms with Gasteiger partial charge in [-0.15, -0.1) is 0 Å². The molecule has 0 bridgehead atoms. The highest BCUT2D eigenvalue weighted by molar-refractivity contribution is 5.44. The Morgan fingerprint density at radius 1 is 0.960 bits per heavy atom. The number of anilines is 1. The summed E-state index contributed by atoms with van der Waals surface area (Å²) in [4.78, 5) is 7.74. The molecule has 1 aliphatic rings. The first kappa shape index (κ1) is 23.7. The van der Waals surface area contributed by atoms with Gasteiger partial charge in [-0.1, -0.05) is 33.8 Å². The minimum absolute atomic E-state index is 0.201. The van der Waals surface area contributed by atoms with Crippen LogP contribution in [0.3, 0.4) is 0 Å². The van der Waals surface area contributed by atoms with Crippen molar-refractivity contribution < 1.29 is 18.3 Å². The first-order valence-corrected chi connectivity index (χ1v) is 8.83. The Labute approximate surface area is 149 Å². The zero-order valence-corrected chi connectivity index (χ0v) is 16.4. The number of hydrogen-bond donors (Lipinski definition) is 1. The number of hydrogen-bond acceptors (Lipinski definition) is 4. The van der Waals surface area contributed by atoms with Crippen LogP contribution < -0.4 is 4.90 Å². The average molecular weight is 363 g/mol. The summed E-state index contributed by atoms with van der Waals surface area (Å²) in [6, 6.07) is 2.87. The lowest BCUT2D eigenvalue weighted by molar-refractivity contribution is -0.143. The average Bonchev–Trinajstić information content (AvgIpc) is 2.57. The van der Waals surface area contributed by atoms with Crippen molar-refractivity contribution in [3.8, 4) is 0 Å². The monoisotopic (exact) mass is 363 g/mol. The molecular weight excluding hydrogens is 331 g/mol. The summed E-state index contributed by atoms with van der Waals surface area (Å²) in [7, 11) is 1.98. The second-order valence-corrected chi connectivity index (χ2v) is 5.91. The Hall–Kier alpha value is -1.34. The maximum absolute atomic E-state index is 13.2. The van der Waals surface area contributed by atoms with Crippen LogP contribution in [0.4, 0.5) is 19.0 Å². The van der Waals surface area contributed by atoms with Crippen molar-refractivity contribution in [1.29, 1.82) is 0 Å². The van der Waals surface area contributed by atoms with Crippen molar-refractivity contribution >= 4 is 5.82 Å². The Balaban J connectivity index is 0.00000134. The van der Waals surface area contributed by atoms with Crippen LogP contribution in [0.5, 0.6) is 0 Å². The van der Waals surface area contributed by atoms with E-state index >= 15 is 0 Å². The topological polar surface area (TPSA) is 39.6 Å². The van der Waals surface area contributed by atoms with Gasteiger partial charge in [-0.25, -0.2) is 4.98 Å². The number of rotatable bonds is 2. The van der Waals surface area contributed by atoms with Gasteiger partial charge in [0, 0.05) is 31.7 Å². The number of likely N-dealkylation sites (N-methyl/N-ethyl adjacent to an activating group) is 1. The van der Waals surface area contributed by atoms with E-state index in [1.54, 1.807) is 6.07 Å². The van der Waals surface area contributed by atoms with Gasteiger partial charge >= 0.3 is 6.18 Å². The third-order valence-corrected chi connectivity index (χ3v) is 3.64. The van der Waals surface area contributed by atoms with E-state index in [2.05, 4.69) is 9.88 Å². The molecule has 1 N–H and O–H groups in total. The van der Waals surface area contributed by atoms with Crippen molar-refractivity contribution in [2.24, 2.45) is 0 Å². The van der Waals surface area contributed by atoms with Crippen molar-refractivity contribution in [1.82, 2.24) is 9.88 Å². The first-order valence-electron chi connectivity index (χ1n) is 8.83. The fourth-order valence-electron chi connectivity index (χ4n) is 2.37. The molecule has 1 aromatic heterocycles. The molecule has 1 saturated heterocycles. The molecule has 1 aliphatic heterocycles. The summed E-state index contributed by atoms with van der Waals surface area (Å²) >= 11 is 0. The molecule has 4 nitrogen and oxygen atoms in total. The first-order chi connectivity index (χ1) is 11.6. The number of aromatic nitrogens is 1. The summed E-state index contributed by atoms with van der Waals surface area (Å²) in [6.07, 6.45) is -4.59. The van der Waals surface area contributed by atoms with Crippen LogP contribution in [0.25, 0.3) is 0 Å². The lowest BCUT2D eigenvalue weighted by atomic mass is 9.96. The van der Waals surface area contributed by atoms with Gasteiger partial charge in [-0.05, 0) is 27.0 Å². The number of piperazine rings is 1. The highest BCUT2D eigenvalue weighted by Gasteiger charge is 2.39. The third-order valence-electron chi connectivity index (χ3n) is 3.64. The molecule has 146 valence electrons. The maximum atomic E-state index is 13.2. The van der Waals surface area contributed by atoms with E-state index in [0.29, 0.717) is 18.9 Å². The van der Waals surface area contributed by atoms with Crippen molar-refractivity contribution in [2.45, 2.75) is 53.3 Å². The Bertz CT molecular complexity index is 505. The van der Waals surface area contributed by atoms with E-state index in [1.807, 2.05) is 39.6 Å². The predicted octanol–water partition coefficient (Wildman–Crippen LogP) is 4.13. The quantitative estimate of drug-likeness (QED) is 0.858. The van der Waals surface area contributed by atoms with Gasteiger partial charge in [0.15, 0.2) is 5.69 Å². The zero-order chi connectivity index (χ0) is 19.8. The van der Waals surface area contributed by atoms with Crippen molar-refractivity contribution in [3.63, 3.8) is 0 Å². The summed E-state index contributed by atoms with van der Waals surface area (Å²) in [6.45, 7) is 13.5. The van der Waals surface area contributed by atoms with Crippen LogP contribution in [-0.2, 0) is 11.8 Å². The molecule has 0 saturated carbocycles. The van der Waals surface area contributed by atoms with Gasteiger partial charge in [-0.2, -0.15) is 13.2 Å². The lowest BCUT2D eigenvalue weighted by Crippen LogP contribution is -2.45. The fraction of sp³-hybridized carbons (Fsp3) is 0.722. The highest BCUT2D eigenvalue weighted by Crippen LogP contribution is 2.36. The smallest absolute Gasteiger partial charge is 0.386 e. The SMILES string of the molecule is CC.CC.CN1CCN(c2ccc(C(C)(C)O)c(C(F)(F)F)n2)CC1. The molecular formula is C18H32F3N3O. The second kappa shape index (κ2) is 9.97. The molecule has 0 spiro atoms. The van der Waals surface area contributed by atoms with E-state index in [9.17, 15) is 18.3 Å². The molecule has 0 unspecified atom stereocenters. The minimum Gasteiger partial charge on any atom is -0.386 e. The Morgan fingerprint density at radius 3 is 1.84 bits per heavy atom. The van der Waals surface area contributed by atoms with Crippen LogP contribution in [0.2, 0.25) is 0 Å². The molecule has 1 fully saturated rings. The summed E-state index contributed by atoms with van der Waals surface area (Å²) in [5.74, 6) is 0.309. The molecule has 0 aromatic carbocycles. The van der Waals surface area contributed by atoms with Gasteiger partial charge < -0.3 is 14.9 Å². The zero-order valence-electron chi connectivity index (χ0n) is 16.4. The Morgan fingerprint density at radius 2 is 1.44 bits per heavy atom. The molecule has 0 aliphatic carbocycles. The fourth-order valence-corrected chi connectivity index (χ4v) is 2.37. The van der Waals surface area contributed by atoms with Gasteiger partial charge in [-0.3, -0.25) is 0 Å². The van der Waals surface area contributed by atoms with E-state index in [4.69, 9.17) is 0 Å². The van der Waals surface area contributed by atoms with Crippen LogP contribution in [0.15, 0.2) is 12.1 Å². The number of alkyl halides is 3. The molecule has 2 rings (SSSR count). The number of nitrogens with zero attached hydrogens (tertiary/aromatic N) is 3. The van der Waals surface area contributed by atoms with Crippen LogP contribution in [0, 0.1) is 0 Å². The predicted molar refractivity (Wildman–Crippen MR) is 96.9 cm³/mol. The highest BCUT2D eigenvalue weighted by atomic mass is 19.4. The standard InChI is InChI=1S/C14H20F3N3O.2C2H6/c1-13(2,21)10-4-5-11(18-12(10)14(15,16)17)20-8-6-19(3)7-9-20;2*1-2/h4-5,21H,6-9H2,1-3H3;2*1-2H3. The minimum atomic E-state index is -4.59. The third kappa shape index (κ3) is 6.82. The number of halogens is 3. The summed E-state index contributed by atoms with van der Waals surface area (Å²) in [5, 5.41) is 9.91. The second-order valence-electron chi connectivity index (χ2n) is 5.91. The molecule has 0 radical (unpaired) electrons. The van der Waals surface area contributed by atoms with E-state index in [-0.39, 0.29) is 5.56 Å². The lowest BCUT2D eigenvalue weighted by Gasteiger charge is -2.34. The number of pyridine rings is 1. The molecule has 0 amide bonds. The van der Waals surface area contributed by atoms with Gasteiger partial charge in [0.2, 0.25) is 0 Å². The molecule has 2 heterocycles. The van der Waals surface area contributed by atoms with Crippen molar-refractivity contribution in [2.75, 3.05) is 38.1 Å². The summed E-state index contributed by atoms with van der Waals surface area (Å²) in [5.41, 5.74) is -2.79. The summed E-state index contributed by atoms with van der Waals surface area (Å²) < 4.78 is 39.6. The van der Waals surface area contributed by atoms with E-state index in [1.165, 1.54) is 19.9 Å². The molecule has 0 atom stereocenters. The van der Waals surface area contributed by atoms with Gasteiger partial charge in [0.25, 0.3) is 0 Å². The molecule has 25 heavy (non-hydrogen) atoms. The van der Waals surface area contributed by atoms with Gasteiger partial charge in [0.05, 0.1) is 5.60 Å². The Kier molecular flexibility index (Phi) is 9.43. The van der Waals surface area contributed by atoms with Crippen LogP contribution in [0.1, 0.15) is 52.8 Å². The molecule has 1 aromatic rings. The van der Waals surface area contributed by atoms with Crippen molar-refractivity contribution in [3.05, 3.63) is 23.4 Å². The number of aliphatic hydroxyl groups is 1. The van der Waals surface area contributed by atoms with E-state index in [0.717, 1.165) is 13.1 Å². The van der Waals surface area contributed by atoms with E-state index < -0.39 is 17.5 Å². The van der Waals surface area contributed by atoms with Crippen LogP contribution >= 0.6 is 0 Å². The normalized spacial score (nSPS) is 15.7. The molecule has 7 heteroatoms. The van der Waals surface area contributed by atoms with Gasteiger partial charge in [0.1, 0.15) is 5.82 Å². The largest absolute Gasteiger partial charge is 0.433 e. The maximum Gasteiger partial charge on any atom is 0.433 e.